The van der Waals surface area contributed by atoms with Crippen molar-refractivity contribution >= 4 is 44.4 Å². The number of nitrogens with two attached hydrogens (primary N) is 1. The van der Waals surface area contributed by atoms with Crippen LogP contribution < -0.4 is 15.8 Å². The van der Waals surface area contributed by atoms with E-state index >= 15 is 0 Å². The molecule has 4 N–H and O–H groups in total. The van der Waals surface area contributed by atoms with Crippen molar-refractivity contribution in [2.45, 2.75) is 6.42 Å². The SMILES string of the molecule is N=C/C(=C\N)c1ccc2nc(NC(=O)C3COc4ccccc4C3)sc2c1. The smallest absolute Gasteiger partial charge is 0.233 e. The Morgan fingerprint density at radius 2 is 2.19 bits per heavy atom. The number of rotatable bonds is 4. The van der Waals surface area contributed by atoms with Gasteiger partial charge in [-0.1, -0.05) is 35.6 Å². The highest BCUT2D eigenvalue weighted by Crippen LogP contribution is 2.30. The van der Waals surface area contributed by atoms with Crippen LogP contribution in [-0.4, -0.2) is 23.7 Å². The van der Waals surface area contributed by atoms with Crippen LogP contribution in [0.4, 0.5) is 5.13 Å². The van der Waals surface area contributed by atoms with Crippen molar-refractivity contribution in [2.24, 2.45) is 11.7 Å². The summed E-state index contributed by atoms with van der Waals surface area (Å²) in [4.78, 5) is 17.1. The number of nitrogens with zero attached hydrogens (tertiary/aromatic N) is 1. The minimum Gasteiger partial charge on any atom is -0.492 e. The highest BCUT2D eigenvalue weighted by atomic mass is 32.1. The van der Waals surface area contributed by atoms with Crippen LogP contribution in [0.5, 0.6) is 5.75 Å². The van der Waals surface area contributed by atoms with Crippen molar-refractivity contribution in [1.82, 2.24) is 4.98 Å². The number of ether oxygens (including phenoxy) is 1. The van der Waals surface area contributed by atoms with E-state index in [0.29, 0.717) is 23.7 Å². The monoisotopic (exact) mass is 378 g/mol. The molecule has 7 heteroatoms. The van der Waals surface area contributed by atoms with E-state index < -0.39 is 0 Å². The number of benzene rings is 2. The lowest BCUT2D eigenvalue weighted by molar-refractivity contribution is -0.121. The van der Waals surface area contributed by atoms with Gasteiger partial charge in [-0.2, -0.15) is 0 Å². The van der Waals surface area contributed by atoms with Gasteiger partial charge in [0.25, 0.3) is 0 Å². The zero-order chi connectivity index (χ0) is 18.8. The first-order valence-corrected chi connectivity index (χ1v) is 9.34. The summed E-state index contributed by atoms with van der Waals surface area (Å²) < 4.78 is 6.63. The highest BCUT2D eigenvalue weighted by molar-refractivity contribution is 7.22. The molecule has 1 atom stereocenters. The van der Waals surface area contributed by atoms with Gasteiger partial charge in [-0.05, 0) is 35.7 Å². The molecule has 1 amide bonds. The van der Waals surface area contributed by atoms with Gasteiger partial charge in [0.2, 0.25) is 5.91 Å². The first-order chi connectivity index (χ1) is 13.2. The molecule has 2 heterocycles. The second-order valence-electron chi connectivity index (χ2n) is 6.28. The number of anilines is 1. The maximum absolute atomic E-state index is 12.6. The molecule has 1 aromatic heterocycles. The van der Waals surface area contributed by atoms with Crippen LogP contribution in [0.15, 0.2) is 48.7 Å². The number of hydrogen-bond donors (Lipinski definition) is 3. The normalized spacial score (nSPS) is 16.4. The minimum atomic E-state index is -0.243. The van der Waals surface area contributed by atoms with Crippen LogP contribution in [0, 0.1) is 11.3 Å². The second-order valence-corrected chi connectivity index (χ2v) is 7.31. The molecule has 0 bridgehead atoms. The van der Waals surface area contributed by atoms with E-state index in [0.717, 1.165) is 27.1 Å². The van der Waals surface area contributed by atoms with Crippen molar-refractivity contribution in [3.63, 3.8) is 0 Å². The Hall–Kier alpha value is -3.19. The number of thiazole rings is 1. The molecule has 1 unspecified atom stereocenters. The Morgan fingerprint density at radius 1 is 1.33 bits per heavy atom. The first-order valence-electron chi connectivity index (χ1n) is 8.53. The number of carbonyl (C=O) groups is 1. The maximum Gasteiger partial charge on any atom is 0.233 e. The van der Waals surface area contributed by atoms with E-state index in [2.05, 4.69) is 10.3 Å². The molecule has 1 aliphatic rings. The molecule has 1 aliphatic heterocycles. The summed E-state index contributed by atoms with van der Waals surface area (Å²) in [5.41, 5.74) is 8.88. The van der Waals surface area contributed by atoms with Gasteiger partial charge in [-0.3, -0.25) is 4.79 Å². The number of nitrogens with one attached hydrogen (secondary N) is 2. The molecule has 2 aromatic carbocycles. The highest BCUT2D eigenvalue weighted by Gasteiger charge is 2.26. The lowest BCUT2D eigenvalue weighted by atomic mass is 9.96. The third-order valence-corrected chi connectivity index (χ3v) is 5.47. The van der Waals surface area contributed by atoms with Gasteiger partial charge < -0.3 is 21.2 Å². The van der Waals surface area contributed by atoms with E-state index in [9.17, 15) is 4.79 Å². The molecule has 0 spiro atoms. The first kappa shape index (κ1) is 17.2. The predicted octanol–water partition coefficient (Wildman–Crippen LogP) is 3.44. The fraction of sp³-hybridized carbons (Fsp3) is 0.150. The summed E-state index contributed by atoms with van der Waals surface area (Å²) in [5.74, 6) is 0.516. The number of fused-ring (bicyclic) bond motifs is 2. The van der Waals surface area contributed by atoms with Crippen molar-refractivity contribution in [2.75, 3.05) is 11.9 Å². The van der Waals surface area contributed by atoms with Gasteiger partial charge in [0.1, 0.15) is 12.4 Å². The van der Waals surface area contributed by atoms with Crippen LogP contribution in [0.3, 0.4) is 0 Å². The lowest BCUT2D eigenvalue weighted by Crippen LogP contribution is -2.32. The molecule has 0 radical (unpaired) electrons. The zero-order valence-electron chi connectivity index (χ0n) is 14.4. The maximum atomic E-state index is 12.6. The Kier molecular flexibility index (Phi) is 4.60. The average Bonchev–Trinajstić information content (AvgIpc) is 3.10. The minimum absolute atomic E-state index is 0.0918. The fourth-order valence-electron chi connectivity index (χ4n) is 3.09. The van der Waals surface area contributed by atoms with Crippen molar-refractivity contribution < 1.29 is 9.53 Å². The van der Waals surface area contributed by atoms with Crippen LogP contribution in [-0.2, 0) is 11.2 Å². The molecule has 0 saturated heterocycles. The van der Waals surface area contributed by atoms with Crippen LogP contribution in [0.2, 0.25) is 0 Å². The number of carbonyl (C=O) groups excluding carboxylic acids is 1. The Morgan fingerprint density at radius 3 is 3.00 bits per heavy atom. The Bertz CT molecular complexity index is 1060. The van der Waals surface area contributed by atoms with Gasteiger partial charge in [-0.25, -0.2) is 4.98 Å². The largest absolute Gasteiger partial charge is 0.492 e. The fourth-order valence-corrected chi connectivity index (χ4v) is 4.00. The summed E-state index contributed by atoms with van der Waals surface area (Å²) in [6, 6.07) is 13.4. The number of amides is 1. The molecule has 3 aromatic rings. The summed E-state index contributed by atoms with van der Waals surface area (Å²) in [5, 5.41) is 10.9. The molecule has 6 nitrogen and oxygen atoms in total. The molecule has 27 heavy (non-hydrogen) atoms. The molecule has 4 rings (SSSR count). The van der Waals surface area contributed by atoms with Crippen molar-refractivity contribution in [3.05, 3.63) is 59.8 Å². The average molecular weight is 378 g/mol. The predicted molar refractivity (Wildman–Crippen MR) is 108 cm³/mol. The van der Waals surface area contributed by atoms with Gasteiger partial charge in [0, 0.05) is 18.0 Å². The van der Waals surface area contributed by atoms with E-state index in [-0.39, 0.29) is 11.8 Å². The summed E-state index contributed by atoms with van der Waals surface area (Å²) >= 11 is 1.40. The van der Waals surface area contributed by atoms with Gasteiger partial charge in [-0.15, -0.1) is 0 Å². The molecule has 0 aliphatic carbocycles. The van der Waals surface area contributed by atoms with Crippen molar-refractivity contribution in [3.8, 4) is 5.75 Å². The molecule has 136 valence electrons. The van der Waals surface area contributed by atoms with Crippen LogP contribution in [0.1, 0.15) is 11.1 Å². The Labute approximate surface area is 160 Å². The number of para-hydroxylation sites is 1. The second kappa shape index (κ2) is 7.20. The number of allylic oxidation sites excluding steroid dienone is 1. The van der Waals surface area contributed by atoms with Crippen LogP contribution in [0.25, 0.3) is 15.8 Å². The van der Waals surface area contributed by atoms with Gasteiger partial charge in [0.15, 0.2) is 5.13 Å². The zero-order valence-corrected chi connectivity index (χ0v) is 15.3. The number of hydrogen-bond acceptors (Lipinski definition) is 6. The third kappa shape index (κ3) is 3.41. The summed E-state index contributed by atoms with van der Waals surface area (Å²) in [7, 11) is 0. The summed E-state index contributed by atoms with van der Waals surface area (Å²) in [6.45, 7) is 0.363. The molecular weight excluding hydrogens is 360 g/mol. The van der Waals surface area contributed by atoms with E-state index in [1.54, 1.807) is 0 Å². The standard InChI is InChI=1S/C20H18N4O2S/c21-9-15(10-22)12-5-6-16-18(8-12)27-20(23-16)24-19(25)14-7-13-3-1-2-4-17(13)26-11-14/h1-6,8-10,14,21H,7,11,22H2,(H,23,24,25)/b15-10+,21-9?. The van der Waals surface area contributed by atoms with E-state index in [1.165, 1.54) is 23.8 Å². The van der Waals surface area contributed by atoms with Gasteiger partial charge >= 0.3 is 0 Å². The van der Waals surface area contributed by atoms with Crippen molar-refractivity contribution in [1.29, 1.82) is 5.41 Å². The van der Waals surface area contributed by atoms with E-state index in [4.69, 9.17) is 15.9 Å². The van der Waals surface area contributed by atoms with Gasteiger partial charge in [0.05, 0.1) is 16.1 Å². The van der Waals surface area contributed by atoms with E-state index in [1.807, 2.05) is 42.5 Å². The number of aromatic nitrogens is 1. The molecule has 0 fully saturated rings. The third-order valence-electron chi connectivity index (χ3n) is 4.54. The summed E-state index contributed by atoms with van der Waals surface area (Å²) in [6.07, 6.45) is 3.27. The molecular formula is C20H18N4O2S. The quantitative estimate of drug-likeness (QED) is 0.605. The topological polar surface area (TPSA) is 101 Å². The Balaban J connectivity index is 1.52. The van der Waals surface area contributed by atoms with Crippen LogP contribution >= 0.6 is 11.3 Å². The molecule has 0 saturated carbocycles. The lowest BCUT2D eigenvalue weighted by Gasteiger charge is -2.24.